The summed E-state index contributed by atoms with van der Waals surface area (Å²) in [6.07, 6.45) is 30.6. The zero-order valence-electron chi connectivity index (χ0n) is 28.6. The largest absolute Gasteiger partial charge is 0.361 e. The molecular formula is C38H71O3P. The first-order valence-electron chi connectivity index (χ1n) is 18.5. The van der Waals surface area contributed by atoms with Crippen molar-refractivity contribution in [1.29, 1.82) is 0 Å². The molecular weight excluding hydrogens is 535 g/mol. The van der Waals surface area contributed by atoms with Crippen LogP contribution in [-0.4, -0.2) is 13.2 Å². The Balaban J connectivity index is 2.83. The molecule has 246 valence electrons. The molecule has 0 radical (unpaired) electrons. The fourth-order valence-corrected chi connectivity index (χ4v) is 7.70. The van der Waals surface area contributed by atoms with Gasteiger partial charge < -0.3 is 9.05 Å². The lowest BCUT2D eigenvalue weighted by atomic mass is 9.95. The summed E-state index contributed by atoms with van der Waals surface area (Å²) in [6.45, 7) is 10.2. The Kier molecular flexibility index (Phi) is 26.2. The van der Waals surface area contributed by atoms with Gasteiger partial charge in [0.1, 0.15) is 0 Å². The lowest BCUT2D eigenvalue weighted by molar-refractivity contribution is 0.152. The summed E-state index contributed by atoms with van der Waals surface area (Å²) in [5, 5.41) is 0.721. The molecule has 0 aliphatic rings. The molecule has 2 atom stereocenters. The second-order valence-electron chi connectivity index (χ2n) is 13.0. The highest BCUT2D eigenvalue weighted by molar-refractivity contribution is 7.62. The lowest BCUT2D eigenvalue weighted by Crippen LogP contribution is -2.18. The van der Waals surface area contributed by atoms with Crippen LogP contribution in [0.15, 0.2) is 30.3 Å². The van der Waals surface area contributed by atoms with Crippen molar-refractivity contribution >= 4 is 12.9 Å². The molecule has 2 unspecified atom stereocenters. The van der Waals surface area contributed by atoms with Crippen molar-refractivity contribution in [3.8, 4) is 0 Å². The molecule has 1 rings (SSSR count). The highest BCUT2D eigenvalue weighted by Crippen LogP contribution is 2.48. The Morgan fingerprint density at radius 2 is 0.786 bits per heavy atom. The van der Waals surface area contributed by atoms with E-state index in [4.69, 9.17) is 9.05 Å². The van der Waals surface area contributed by atoms with E-state index >= 15 is 0 Å². The second-order valence-corrected chi connectivity index (χ2v) is 15.0. The third kappa shape index (κ3) is 20.3. The van der Waals surface area contributed by atoms with Crippen molar-refractivity contribution in [2.75, 3.05) is 13.2 Å². The van der Waals surface area contributed by atoms with Crippen molar-refractivity contribution in [3.63, 3.8) is 0 Å². The smallest absolute Gasteiger partial charge is 0.305 e. The van der Waals surface area contributed by atoms with Crippen molar-refractivity contribution in [2.45, 2.75) is 182 Å². The van der Waals surface area contributed by atoms with Gasteiger partial charge in [0.05, 0.1) is 18.5 Å². The maximum absolute atomic E-state index is 14.4. The number of unbranched alkanes of at least 4 members (excludes halogenated alkanes) is 16. The molecule has 42 heavy (non-hydrogen) atoms. The van der Waals surface area contributed by atoms with Crippen LogP contribution in [0.3, 0.4) is 0 Å². The Morgan fingerprint density at radius 3 is 1.14 bits per heavy atom. The minimum atomic E-state index is -3.38. The van der Waals surface area contributed by atoms with E-state index in [9.17, 15) is 4.57 Å². The molecule has 0 aliphatic heterocycles. The predicted molar refractivity (Wildman–Crippen MR) is 186 cm³/mol. The van der Waals surface area contributed by atoms with E-state index in [1.807, 2.05) is 30.3 Å². The maximum atomic E-state index is 14.4. The van der Waals surface area contributed by atoms with Gasteiger partial charge in [-0.15, -0.1) is 0 Å². The van der Waals surface area contributed by atoms with Crippen LogP contribution >= 0.6 is 7.60 Å². The normalized spacial score (nSPS) is 14.6. The average molecular weight is 607 g/mol. The molecule has 0 spiro atoms. The van der Waals surface area contributed by atoms with Crippen LogP contribution in [0.4, 0.5) is 0 Å². The zero-order chi connectivity index (χ0) is 30.6. The SMILES string of the molecule is CCCCCCCCC(CCCCCC)COP(=O)(OCC(CCCCCC)CCCCCCCC)c1ccccc1. The Morgan fingerprint density at radius 1 is 0.476 bits per heavy atom. The number of hydrogen-bond donors (Lipinski definition) is 0. The summed E-state index contributed by atoms with van der Waals surface area (Å²) in [5.41, 5.74) is 0. The molecule has 0 saturated heterocycles. The molecule has 0 amide bonds. The van der Waals surface area contributed by atoms with E-state index < -0.39 is 7.60 Å². The van der Waals surface area contributed by atoms with Gasteiger partial charge in [0.25, 0.3) is 0 Å². The minimum absolute atomic E-state index is 0.460. The summed E-state index contributed by atoms with van der Waals surface area (Å²) in [6, 6.07) is 9.79. The molecule has 0 heterocycles. The molecule has 0 aliphatic carbocycles. The summed E-state index contributed by atoms with van der Waals surface area (Å²) < 4.78 is 27.3. The zero-order valence-corrected chi connectivity index (χ0v) is 29.5. The second kappa shape index (κ2) is 27.9. The molecule has 4 heteroatoms. The number of rotatable bonds is 31. The molecule has 3 nitrogen and oxygen atoms in total. The van der Waals surface area contributed by atoms with Crippen LogP contribution in [0, 0.1) is 11.8 Å². The van der Waals surface area contributed by atoms with Crippen LogP contribution in [-0.2, 0) is 13.6 Å². The van der Waals surface area contributed by atoms with Gasteiger partial charge in [-0.25, -0.2) is 0 Å². The highest BCUT2D eigenvalue weighted by atomic mass is 31.2. The van der Waals surface area contributed by atoms with Crippen molar-refractivity contribution < 1.29 is 13.6 Å². The molecule has 0 aromatic heterocycles. The molecule has 1 aromatic carbocycles. The van der Waals surface area contributed by atoms with Crippen LogP contribution < -0.4 is 5.30 Å². The van der Waals surface area contributed by atoms with Crippen LogP contribution in [0.25, 0.3) is 0 Å². The van der Waals surface area contributed by atoms with E-state index in [-0.39, 0.29) is 0 Å². The minimum Gasteiger partial charge on any atom is -0.305 e. The monoisotopic (exact) mass is 607 g/mol. The summed E-state index contributed by atoms with van der Waals surface area (Å²) in [4.78, 5) is 0. The third-order valence-electron chi connectivity index (χ3n) is 8.90. The molecule has 0 N–H and O–H groups in total. The van der Waals surface area contributed by atoms with Gasteiger partial charge in [-0.3, -0.25) is 4.57 Å². The summed E-state index contributed by atoms with van der Waals surface area (Å²) in [7, 11) is -3.38. The van der Waals surface area contributed by atoms with Crippen LogP contribution in [0.2, 0.25) is 0 Å². The number of hydrogen-bond acceptors (Lipinski definition) is 3. The fraction of sp³-hybridized carbons (Fsp3) is 0.842. The standard InChI is InChI=1S/C38H71O3P/c1-5-9-13-17-19-24-30-36(28-22-15-11-7-3)34-40-42(39,38-32-26-21-27-33-38)41-35-37(29-23-16-12-8-4)31-25-20-18-14-10-6-2/h21,26-27,32-33,36-37H,5-20,22-25,28-31,34-35H2,1-4H3. The van der Waals surface area contributed by atoms with Gasteiger partial charge in [-0.1, -0.05) is 174 Å². The maximum Gasteiger partial charge on any atom is 0.361 e. The average Bonchev–Trinajstić information content (AvgIpc) is 3.01. The molecule has 1 aromatic rings. The van der Waals surface area contributed by atoms with E-state index in [1.165, 1.54) is 154 Å². The lowest BCUT2D eigenvalue weighted by Gasteiger charge is -2.25. The third-order valence-corrected chi connectivity index (χ3v) is 10.8. The molecule has 0 fully saturated rings. The number of benzene rings is 1. The van der Waals surface area contributed by atoms with Crippen molar-refractivity contribution in [2.24, 2.45) is 11.8 Å². The summed E-state index contributed by atoms with van der Waals surface area (Å²) in [5.74, 6) is 0.920. The van der Waals surface area contributed by atoms with Crippen molar-refractivity contribution in [3.05, 3.63) is 30.3 Å². The van der Waals surface area contributed by atoms with Gasteiger partial charge in [-0.05, 0) is 49.7 Å². The fourth-order valence-electron chi connectivity index (χ4n) is 5.97. The Bertz CT molecular complexity index is 697. The van der Waals surface area contributed by atoms with Crippen LogP contribution in [0.1, 0.15) is 182 Å². The first-order valence-corrected chi connectivity index (χ1v) is 20.1. The Labute approximate surface area is 263 Å². The first-order chi connectivity index (χ1) is 20.6. The Hall–Kier alpha value is -0.630. The topological polar surface area (TPSA) is 35.5 Å². The first kappa shape index (κ1) is 39.4. The van der Waals surface area contributed by atoms with E-state index in [0.717, 1.165) is 5.30 Å². The van der Waals surface area contributed by atoms with E-state index in [0.29, 0.717) is 25.0 Å². The van der Waals surface area contributed by atoms with E-state index in [1.54, 1.807) is 0 Å². The van der Waals surface area contributed by atoms with Crippen molar-refractivity contribution in [1.82, 2.24) is 0 Å². The summed E-state index contributed by atoms with van der Waals surface area (Å²) >= 11 is 0. The van der Waals surface area contributed by atoms with Gasteiger partial charge >= 0.3 is 7.60 Å². The molecule has 0 saturated carbocycles. The van der Waals surface area contributed by atoms with E-state index in [2.05, 4.69) is 27.7 Å². The van der Waals surface area contributed by atoms with Gasteiger partial charge in [0.15, 0.2) is 0 Å². The van der Waals surface area contributed by atoms with Gasteiger partial charge in [0, 0.05) is 0 Å². The molecule has 0 bridgehead atoms. The van der Waals surface area contributed by atoms with Crippen LogP contribution in [0.5, 0.6) is 0 Å². The quantitative estimate of drug-likeness (QED) is 0.0623. The highest BCUT2D eigenvalue weighted by Gasteiger charge is 2.30. The van der Waals surface area contributed by atoms with Gasteiger partial charge in [0.2, 0.25) is 0 Å². The predicted octanol–water partition coefficient (Wildman–Crippen LogP) is 13.2. The van der Waals surface area contributed by atoms with Gasteiger partial charge in [-0.2, -0.15) is 0 Å².